The fourth-order valence-electron chi connectivity index (χ4n) is 1.40. The van der Waals surface area contributed by atoms with Crippen molar-refractivity contribution in [3.8, 4) is 0 Å². The molecular formula is C12H15Cl2NO2S. The SMILES string of the molecule is C=C(C)c1ccc(NS(=O)(=O)CCCCl)cc1Cl. The van der Waals surface area contributed by atoms with Crippen LogP contribution >= 0.6 is 23.2 Å². The zero-order valence-corrected chi connectivity index (χ0v) is 12.4. The Kier molecular flexibility index (Phi) is 5.50. The van der Waals surface area contributed by atoms with Crippen molar-refractivity contribution in [3.05, 3.63) is 35.4 Å². The molecule has 0 fully saturated rings. The molecule has 18 heavy (non-hydrogen) atoms. The number of hydrogen-bond acceptors (Lipinski definition) is 2. The quantitative estimate of drug-likeness (QED) is 0.814. The van der Waals surface area contributed by atoms with Gasteiger partial charge in [-0.15, -0.1) is 11.6 Å². The average Bonchev–Trinajstić information content (AvgIpc) is 2.25. The summed E-state index contributed by atoms with van der Waals surface area (Å²) < 4.78 is 25.8. The number of allylic oxidation sites excluding steroid dienone is 1. The Balaban J connectivity index is 2.87. The fraction of sp³-hybridized carbons (Fsp3) is 0.333. The van der Waals surface area contributed by atoms with Crippen LogP contribution in [0, 0.1) is 0 Å². The Bertz CT molecular complexity index is 541. The molecular weight excluding hydrogens is 293 g/mol. The minimum absolute atomic E-state index is 0.00361. The molecule has 100 valence electrons. The van der Waals surface area contributed by atoms with Crippen LogP contribution in [0.4, 0.5) is 5.69 Å². The molecule has 0 aliphatic carbocycles. The summed E-state index contributed by atoms with van der Waals surface area (Å²) in [7, 11) is -3.36. The van der Waals surface area contributed by atoms with Gasteiger partial charge in [-0.05, 0) is 36.6 Å². The van der Waals surface area contributed by atoms with Gasteiger partial charge in [0.15, 0.2) is 0 Å². The number of anilines is 1. The van der Waals surface area contributed by atoms with Crippen LogP contribution in [-0.4, -0.2) is 20.1 Å². The third kappa shape index (κ3) is 4.52. The van der Waals surface area contributed by atoms with E-state index in [9.17, 15) is 8.42 Å². The Labute approximate surface area is 118 Å². The molecule has 0 spiro atoms. The number of halogens is 2. The molecule has 0 radical (unpaired) electrons. The van der Waals surface area contributed by atoms with Crippen LogP contribution in [0.5, 0.6) is 0 Å². The van der Waals surface area contributed by atoms with E-state index in [4.69, 9.17) is 23.2 Å². The summed E-state index contributed by atoms with van der Waals surface area (Å²) in [6.07, 6.45) is 0.411. The van der Waals surface area contributed by atoms with Crippen molar-refractivity contribution in [2.45, 2.75) is 13.3 Å². The van der Waals surface area contributed by atoms with E-state index in [1.165, 1.54) is 0 Å². The number of alkyl halides is 1. The van der Waals surface area contributed by atoms with Gasteiger partial charge in [-0.2, -0.15) is 0 Å². The monoisotopic (exact) mass is 307 g/mol. The first-order chi connectivity index (χ1) is 8.35. The molecule has 0 saturated carbocycles. The lowest BCUT2D eigenvalue weighted by Crippen LogP contribution is -2.17. The molecule has 0 unspecified atom stereocenters. The van der Waals surface area contributed by atoms with Crippen molar-refractivity contribution in [1.82, 2.24) is 0 Å². The highest BCUT2D eigenvalue weighted by molar-refractivity contribution is 7.92. The van der Waals surface area contributed by atoms with Gasteiger partial charge < -0.3 is 0 Å². The summed E-state index contributed by atoms with van der Waals surface area (Å²) in [5.41, 5.74) is 2.08. The van der Waals surface area contributed by atoms with Gasteiger partial charge in [0, 0.05) is 11.6 Å². The predicted octanol–water partition coefficient (Wildman–Crippen LogP) is 3.74. The van der Waals surface area contributed by atoms with Gasteiger partial charge in [0.1, 0.15) is 0 Å². The molecule has 0 aromatic heterocycles. The molecule has 0 aliphatic rings. The fourth-order valence-corrected chi connectivity index (χ4v) is 3.15. The van der Waals surface area contributed by atoms with Gasteiger partial charge in [0.2, 0.25) is 10.0 Å². The molecule has 3 nitrogen and oxygen atoms in total. The van der Waals surface area contributed by atoms with Crippen molar-refractivity contribution in [1.29, 1.82) is 0 Å². The largest absolute Gasteiger partial charge is 0.284 e. The van der Waals surface area contributed by atoms with E-state index in [0.717, 1.165) is 11.1 Å². The third-order valence-corrected chi connectivity index (χ3v) is 4.20. The van der Waals surface area contributed by atoms with Crippen molar-refractivity contribution in [2.24, 2.45) is 0 Å². The molecule has 6 heteroatoms. The number of nitrogens with one attached hydrogen (secondary N) is 1. The Hall–Kier alpha value is -0.710. The van der Waals surface area contributed by atoms with Crippen molar-refractivity contribution in [2.75, 3.05) is 16.4 Å². The second-order valence-corrected chi connectivity index (χ2v) is 6.57. The van der Waals surface area contributed by atoms with E-state index in [-0.39, 0.29) is 5.75 Å². The second kappa shape index (κ2) is 6.45. The van der Waals surface area contributed by atoms with Gasteiger partial charge >= 0.3 is 0 Å². The van der Waals surface area contributed by atoms with Crippen LogP contribution in [-0.2, 0) is 10.0 Å². The number of sulfonamides is 1. The summed E-state index contributed by atoms with van der Waals surface area (Å²) in [5.74, 6) is 0.312. The number of hydrogen-bond donors (Lipinski definition) is 1. The predicted molar refractivity (Wildman–Crippen MR) is 78.9 cm³/mol. The van der Waals surface area contributed by atoms with Crippen LogP contribution < -0.4 is 4.72 Å². The molecule has 0 saturated heterocycles. The Morgan fingerprint density at radius 3 is 2.61 bits per heavy atom. The highest BCUT2D eigenvalue weighted by Gasteiger charge is 2.11. The number of benzene rings is 1. The van der Waals surface area contributed by atoms with Crippen LogP contribution in [0.3, 0.4) is 0 Å². The maximum Gasteiger partial charge on any atom is 0.232 e. The van der Waals surface area contributed by atoms with Crippen LogP contribution in [0.2, 0.25) is 5.02 Å². The smallest absolute Gasteiger partial charge is 0.232 e. The maximum absolute atomic E-state index is 11.7. The van der Waals surface area contributed by atoms with E-state index in [1.807, 2.05) is 6.92 Å². The summed E-state index contributed by atoms with van der Waals surface area (Å²) >= 11 is 11.5. The minimum atomic E-state index is -3.36. The highest BCUT2D eigenvalue weighted by atomic mass is 35.5. The first-order valence-electron chi connectivity index (χ1n) is 5.37. The zero-order chi connectivity index (χ0) is 13.8. The maximum atomic E-state index is 11.7. The first kappa shape index (κ1) is 15.3. The lowest BCUT2D eigenvalue weighted by Gasteiger charge is -2.09. The first-order valence-corrected chi connectivity index (χ1v) is 7.94. The van der Waals surface area contributed by atoms with E-state index in [0.29, 0.717) is 23.0 Å². The molecule has 1 rings (SSSR count). The van der Waals surface area contributed by atoms with Crippen LogP contribution in [0.1, 0.15) is 18.9 Å². The second-order valence-electron chi connectivity index (χ2n) is 3.94. The van der Waals surface area contributed by atoms with Crippen LogP contribution in [0.15, 0.2) is 24.8 Å². The van der Waals surface area contributed by atoms with Crippen molar-refractivity contribution < 1.29 is 8.42 Å². The van der Waals surface area contributed by atoms with Gasteiger partial charge in [-0.1, -0.05) is 24.2 Å². The summed E-state index contributed by atoms with van der Waals surface area (Å²) in [6, 6.07) is 4.97. The summed E-state index contributed by atoms with van der Waals surface area (Å²) in [6.45, 7) is 5.63. The standard InChI is InChI=1S/C12H15Cl2NO2S/c1-9(2)11-5-4-10(8-12(11)14)15-18(16,17)7-3-6-13/h4-5,8,15H,1,3,6-7H2,2H3. The number of rotatable bonds is 6. The van der Waals surface area contributed by atoms with Gasteiger partial charge in [0.25, 0.3) is 0 Å². The average molecular weight is 308 g/mol. The van der Waals surface area contributed by atoms with Gasteiger partial charge in [0.05, 0.1) is 10.8 Å². The molecule has 0 atom stereocenters. The molecule has 0 bridgehead atoms. The lowest BCUT2D eigenvalue weighted by molar-refractivity contribution is 0.600. The molecule has 0 aliphatic heterocycles. The topological polar surface area (TPSA) is 46.2 Å². The van der Waals surface area contributed by atoms with Gasteiger partial charge in [-0.3, -0.25) is 4.72 Å². The molecule has 1 aromatic carbocycles. The third-order valence-electron chi connectivity index (χ3n) is 2.25. The zero-order valence-electron chi connectivity index (χ0n) is 10.0. The normalized spacial score (nSPS) is 11.3. The van der Waals surface area contributed by atoms with Crippen LogP contribution in [0.25, 0.3) is 5.57 Å². The molecule has 1 aromatic rings. The Morgan fingerprint density at radius 1 is 1.44 bits per heavy atom. The summed E-state index contributed by atoms with van der Waals surface area (Å²) in [5, 5.41) is 0.472. The molecule has 1 N–H and O–H groups in total. The molecule has 0 heterocycles. The van der Waals surface area contributed by atoms with E-state index in [1.54, 1.807) is 18.2 Å². The van der Waals surface area contributed by atoms with E-state index in [2.05, 4.69) is 11.3 Å². The minimum Gasteiger partial charge on any atom is -0.284 e. The van der Waals surface area contributed by atoms with Gasteiger partial charge in [-0.25, -0.2) is 8.42 Å². The Morgan fingerprint density at radius 2 is 2.11 bits per heavy atom. The van der Waals surface area contributed by atoms with E-state index >= 15 is 0 Å². The lowest BCUT2D eigenvalue weighted by atomic mass is 10.1. The summed E-state index contributed by atoms with van der Waals surface area (Å²) in [4.78, 5) is 0. The van der Waals surface area contributed by atoms with E-state index < -0.39 is 10.0 Å². The van der Waals surface area contributed by atoms with Crippen molar-refractivity contribution >= 4 is 44.5 Å². The van der Waals surface area contributed by atoms with Crippen molar-refractivity contribution in [3.63, 3.8) is 0 Å². The molecule has 0 amide bonds. The highest BCUT2D eigenvalue weighted by Crippen LogP contribution is 2.26.